The number of hydrogen-bond acceptors (Lipinski definition) is 2. The van der Waals surface area contributed by atoms with Crippen LogP contribution in [0.5, 0.6) is 0 Å². The molecule has 1 aromatic heterocycles. The SMILES string of the molecule is NC1CCCC(c2cnc3ccccc3c2)C1. The van der Waals surface area contributed by atoms with Crippen LogP contribution in [0.1, 0.15) is 37.2 Å². The monoisotopic (exact) mass is 226 g/mol. The normalized spacial score (nSPS) is 25.0. The molecule has 0 saturated heterocycles. The van der Waals surface area contributed by atoms with Gasteiger partial charge in [0.15, 0.2) is 0 Å². The largest absolute Gasteiger partial charge is 0.328 e. The van der Waals surface area contributed by atoms with Crippen molar-refractivity contribution in [3.8, 4) is 0 Å². The zero-order valence-corrected chi connectivity index (χ0v) is 9.97. The molecule has 0 radical (unpaired) electrons. The number of para-hydroxylation sites is 1. The van der Waals surface area contributed by atoms with Gasteiger partial charge in [-0.15, -0.1) is 0 Å². The van der Waals surface area contributed by atoms with E-state index in [9.17, 15) is 0 Å². The van der Waals surface area contributed by atoms with Gasteiger partial charge in [0.25, 0.3) is 0 Å². The molecule has 2 aromatic rings. The molecule has 1 saturated carbocycles. The zero-order valence-electron chi connectivity index (χ0n) is 9.97. The Morgan fingerprint density at radius 2 is 2.06 bits per heavy atom. The molecule has 0 spiro atoms. The van der Waals surface area contributed by atoms with E-state index in [1.165, 1.54) is 30.2 Å². The van der Waals surface area contributed by atoms with E-state index in [2.05, 4.69) is 29.2 Å². The molecule has 1 aromatic carbocycles. The van der Waals surface area contributed by atoms with Crippen LogP contribution in [0.15, 0.2) is 36.5 Å². The molecule has 3 rings (SSSR count). The number of rotatable bonds is 1. The first kappa shape index (κ1) is 10.7. The molecule has 1 heterocycles. The second kappa shape index (κ2) is 4.46. The van der Waals surface area contributed by atoms with E-state index in [0.717, 1.165) is 11.9 Å². The van der Waals surface area contributed by atoms with Crippen LogP contribution in [-0.4, -0.2) is 11.0 Å². The molecule has 2 heteroatoms. The molecule has 0 amide bonds. The van der Waals surface area contributed by atoms with Gasteiger partial charge in [-0.3, -0.25) is 4.98 Å². The number of pyridine rings is 1. The fraction of sp³-hybridized carbons (Fsp3) is 0.400. The van der Waals surface area contributed by atoms with Crippen LogP contribution in [0.25, 0.3) is 10.9 Å². The van der Waals surface area contributed by atoms with Crippen LogP contribution in [0.2, 0.25) is 0 Å². The van der Waals surface area contributed by atoms with Gasteiger partial charge in [0.05, 0.1) is 5.52 Å². The molecule has 2 atom stereocenters. The van der Waals surface area contributed by atoms with Gasteiger partial charge in [-0.05, 0) is 42.9 Å². The summed E-state index contributed by atoms with van der Waals surface area (Å²) >= 11 is 0. The van der Waals surface area contributed by atoms with Crippen molar-refractivity contribution in [1.29, 1.82) is 0 Å². The lowest BCUT2D eigenvalue weighted by molar-refractivity contribution is 0.393. The Hall–Kier alpha value is -1.41. The third-order valence-electron chi connectivity index (χ3n) is 3.80. The van der Waals surface area contributed by atoms with Gasteiger partial charge in [-0.1, -0.05) is 24.6 Å². The Balaban J connectivity index is 1.94. The van der Waals surface area contributed by atoms with Gasteiger partial charge in [-0.25, -0.2) is 0 Å². The highest BCUT2D eigenvalue weighted by atomic mass is 14.7. The summed E-state index contributed by atoms with van der Waals surface area (Å²) < 4.78 is 0. The smallest absolute Gasteiger partial charge is 0.0702 e. The third kappa shape index (κ3) is 2.18. The Labute approximate surface area is 102 Å². The molecule has 1 aliphatic rings. The van der Waals surface area contributed by atoms with Gasteiger partial charge in [0.2, 0.25) is 0 Å². The molecule has 1 aliphatic carbocycles. The summed E-state index contributed by atoms with van der Waals surface area (Å²) in [5.74, 6) is 0.607. The molecule has 2 N–H and O–H groups in total. The molecule has 2 nitrogen and oxygen atoms in total. The van der Waals surface area contributed by atoms with Crippen molar-refractivity contribution in [2.75, 3.05) is 0 Å². The minimum Gasteiger partial charge on any atom is -0.328 e. The minimum absolute atomic E-state index is 0.375. The molecular formula is C15H18N2. The minimum atomic E-state index is 0.375. The van der Waals surface area contributed by atoms with E-state index in [-0.39, 0.29) is 0 Å². The van der Waals surface area contributed by atoms with Crippen molar-refractivity contribution in [2.24, 2.45) is 5.73 Å². The van der Waals surface area contributed by atoms with E-state index in [1.54, 1.807) is 0 Å². The fourth-order valence-electron chi connectivity index (χ4n) is 2.84. The Bertz CT molecular complexity index is 521. The molecular weight excluding hydrogens is 208 g/mol. The Kier molecular flexibility index (Phi) is 2.81. The first-order valence-electron chi connectivity index (χ1n) is 6.43. The molecule has 0 bridgehead atoms. The fourth-order valence-corrected chi connectivity index (χ4v) is 2.84. The molecule has 88 valence electrons. The molecule has 2 unspecified atom stereocenters. The first-order valence-corrected chi connectivity index (χ1v) is 6.43. The molecule has 0 aliphatic heterocycles. The summed E-state index contributed by atoms with van der Waals surface area (Å²) in [6.07, 6.45) is 6.83. The molecule has 1 fully saturated rings. The number of hydrogen-bond donors (Lipinski definition) is 1. The standard InChI is InChI=1S/C15H18N2/c16-14-6-3-5-11(9-14)13-8-12-4-1-2-7-15(12)17-10-13/h1-2,4,7-8,10-11,14H,3,5-6,9,16H2. The van der Waals surface area contributed by atoms with E-state index in [0.29, 0.717) is 12.0 Å². The topological polar surface area (TPSA) is 38.9 Å². The summed E-state index contributed by atoms with van der Waals surface area (Å²) in [6, 6.07) is 11.0. The van der Waals surface area contributed by atoms with Crippen LogP contribution in [0.4, 0.5) is 0 Å². The van der Waals surface area contributed by atoms with E-state index in [4.69, 9.17) is 5.73 Å². The highest BCUT2D eigenvalue weighted by Gasteiger charge is 2.20. The average Bonchev–Trinajstić information content (AvgIpc) is 2.38. The number of nitrogens with zero attached hydrogens (tertiary/aromatic N) is 1. The second-order valence-electron chi connectivity index (χ2n) is 5.08. The van der Waals surface area contributed by atoms with Crippen LogP contribution in [-0.2, 0) is 0 Å². The second-order valence-corrected chi connectivity index (χ2v) is 5.08. The Morgan fingerprint density at radius 1 is 1.18 bits per heavy atom. The lowest BCUT2D eigenvalue weighted by atomic mass is 9.82. The van der Waals surface area contributed by atoms with Crippen molar-refractivity contribution in [3.63, 3.8) is 0 Å². The predicted octanol–water partition coefficient (Wildman–Crippen LogP) is 3.22. The maximum Gasteiger partial charge on any atom is 0.0702 e. The quantitative estimate of drug-likeness (QED) is 0.811. The maximum absolute atomic E-state index is 6.05. The third-order valence-corrected chi connectivity index (χ3v) is 3.80. The van der Waals surface area contributed by atoms with E-state index >= 15 is 0 Å². The summed E-state index contributed by atoms with van der Waals surface area (Å²) in [4.78, 5) is 4.54. The summed E-state index contributed by atoms with van der Waals surface area (Å²) in [7, 11) is 0. The number of aromatic nitrogens is 1. The van der Waals surface area contributed by atoms with Crippen LogP contribution in [0, 0.1) is 0 Å². The number of nitrogens with two attached hydrogens (primary N) is 1. The van der Waals surface area contributed by atoms with Crippen LogP contribution >= 0.6 is 0 Å². The lowest BCUT2D eigenvalue weighted by Crippen LogP contribution is -2.26. The average molecular weight is 226 g/mol. The van der Waals surface area contributed by atoms with Crippen molar-refractivity contribution in [3.05, 3.63) is 42.1 Å². The summed E-state index contributed by atoms with van der Waals surface area (Å²) in [5, 5.41) is 1.24. The van der Waals surface area contributed by atoms with Crippen LogP contribution in [0.3, 0.4) is 0 Å². The zero-order chi connectivity index (χ0) is 11.7. The predicted molar refractivity (Wildman–Crippen MR) is 70.9 cm³/mol. The van der Waals surface area contributed by atoms with Gasteiger partial charge in [0, 0.05) is 17.6 Å². The van der Waals surface area contributed by atoms with E-state index < -0.39 is 0 Å². The first-order chi connectivity index (χ1) is 8.33. The number of benzene rings is 1. The van der Waals surface area contributed by atoms with Gasteiger partial charge < -0.3 is 5.73 Å². The van der Waals surface area contributed by atoms with Crippen molar-refractivity contribution < 1.29 is 0 Å². The summed E-state index contributed by atoms with van der Waals surface area (Å²) in [6.45, 7) is 0. The highest BCUT2D eigenvalue weighted by molar-refractivity contribution is 5.78. The lowest BCUT2D eigenvalue weighted by Gasteiger charge is -2.26. The van der Waals surface area contributed by atoms with Crippen molar-refractivity contribution in [1.82, 2.24) is 4.98 Å². The number of fused-ring (bicyclic) bond motifs is 1. The highest BCUT2D eigenvalue weighted by Crippen LogP contribution is 2.32. The van der Waals surface area contributed by atoms with Crippen LogP contribution < -0.4 is 5.73 Å². The van der Waals surface area contributed by atoms with E-state index in [1.807, 2.05) is 12.3 Å². The molecule has 17 heavy (non-hydrogen) atoms. The summed E-state index contributed by atoms with van der Waals surface area (Å²) in [5.41, 5.74) is 8.49. The van der Waals surface area contributed by atoms with Crippen molar-refractivity contribution in [2.45, 2.75) is 37.6 Å². The Morgan fingerprint density at radius 3 is 2.94 bits per heavy atom. The maximum atomic E-state index is 6.05. The van der Waals surface area contributed by atoms with Gasteiger partial charge in [-0.2, -0.15) is 0 Å². The van der Waals surface area contributed by atoms with Crippen molar-refractivity contribution >= 4 is 10.9 Å². The van der Waals surface area contributed by atoms with Gasteiger partial charge >= 0.3 is 0 Å². The van der Waals surface area contributed by atoms with Gasteiger partial charge in [0.1, 0.15) is 0 Å².